The fourth-order valence-corrected chi connectivity index (χ4v) is 0.989. The van der Waals surface area contributed by atoms with E-state index in [0.717, 1.165) is 0 Å². The highest BCUT2D eigenvalue weighted by molar-refractivity contribution is 6.21. The van der Waals surface area contributed by atoms with Gasteiger partial charge in [-0.2, -0.15) is 0 Å². The topological polar surface area (TPSA) is 38.4 Å². The molecule has 0 unspecified atom stereocenters. The lowest BCUT2D eigenvalue weighted by molar-refractivity contribution is 0.630. The standard InChI is InChI=1S/C10H10ClFN2/c11-5-8(6-13)7-14-10-4-2-1-3-9(10)12/h1-4,6-7H,5,13H2. The summed E-state index contributed by atoms with van der Waals surface area (Å²) < 4.78 is 13.1. The molecule has 0 bridgehead atoms. The molecule has 1 rings (SSSR count). The van der Waals surface area contributed by atoms with Crippen molar-refractivity contribution in [1.82, 2.24) is 0 Å². The van der Waals surface area contributed by atoms with Gasteiger partial charge in [-0.05, 0) is 18.3 Å². The summed E-state index contributed by atoms with van der Waals surface area (Å²) in [7, 11) is 0. The Labute approximate surface area is 86.9 Å². The van der Waals surface area contributed by atoms with Gasteiger partial charge in [-0.25, -0.2) is 4.39 Å². The van der Waals surface area contributed by atoms with Gasteiger partial charge in [0.2, 0.25) is 0 Å². The molecule has 0 aliphatic carbocycles. The molecule has 2 nitrogen and oxygen atoms in total. The van der Waals surface area contributed by atoms with Crippen LogP contribution < -0.4 is 5.73 Å². The normalized spacial score (nSPS) is 12.3. The van der Waals surface area contributed by atoms with E-state index in [2.05, 4.69) is 4.99 Å². The van der Waals surface area contributed by atoms with Gasteiger partial charge < -0.3 is 5.73 Å². The quantitative estimate of drug-likeness (QED) is 0.607. The maximum atomic E-state index is 13.1. The van der Waals surface area contributed by atoms with Gasteiger partial charge in [0, 0.05) is 11.8 Å². The number of nitrogens with two attached hydrogens (primary N) is 1. The Bertz CT molecular complexity index is 361. The molecule has 74 valence electrons. The van der Waals surface area contributed by atoms with E-state index in [4.69, 9.17) is 17.3 Å². The smallest absolute Gasteiger partial charge is 0.148 e. The van der Waals surface area contributed by atoms with Gasteiger partial charge >= 0.3 is 0 Å². The molecule has 2 N–H and O–H groups in total. The van der Waals surface area contributed by atoms with E-state index in [9.17, 15) is 4.39 Å². The van der Waals surface area contributed by atoms with Crippen molar-refractivity contribution in [3.63, 3.8) is 0 Å². The first-order valence-electron chi connectivity index (χ1n) is 4.03. The summed E-state index contributed by atoms with van der Waals surface area (Å²) >= 11 is 5.54. The summed E-state index contributed by atoms with van der Waals surface area (Å²) in [5.41, 5.74) is 6.18. The average Bonchev–Trinajstić information content (AvgIpc) is 2.22. The van der Waals surface area contributed by atoms with Crippen molar-refractivity contribution >= 4 is 23.5 Å². The van der Waals surface area contributed by atoms with Crippen molar-refractivity contribution in [3.05, 3.63) is 41.9 Å². The van der Waals surface area contributed by atoms with Crippen LogP contribution >= 0.6 is 11.6 Å². The van der Waals surface area contributed by atoms with Crippen molar-refractivity contribution in [2.75, 3.05) is 5.88 Å². The predicted molar refractivity (Wildman–Crippen MR) is 57.5 cm³/mol. The second kappa shape index (κ2) is 5.40. The molecular weight excluding hydrogens is 203 g/mol. The highest BCUT2D eigenvalue weighted by Crippen LogP contribution is 2.15. The van der Waals surface area contributed by atoms with Crippen LogP contribution in [0.15, 0.2) is 41.0 Å². The molecule has 0 amide bonds. The van der Waals surface area contributed by atoms with Crippen molar-refractivity contribution in [1.29, 1.82) is 0 Å². The summed E-state index contributed by atoms with van der Waals surface area (Å²) in [6, 6.07) is 6.24. The molecule has 0 saturated carbocycles. The number of para-hydroxylation sites is 1. The summed E-state index contributed by atoms with van der Waals surface area (Å²) in [5, 5.41) is 0. The highest BCUT2D eigenvalue weighted by atomic mass is 35.5. The average molecular weight is 213 g/mol. The number of aliphatic imine (C=N–C) groups is 1. The molecule has 0 radical (unpaired) electrons. The molecule has 4 heteroatoms. The van der Waals surface area contributed by atoms with E-state index < -0.39 is 0 Å². The molecule has 0 spiro atoms. The zero-order chi connectivity index (χ0) is 10.4. The second-order valence-corrected chi connectivity index (χ2v) is 2.85. The summed E-state index contributed by atoms with van der Waals surface area (Å²) in [6.45, 7) is 0. The number of hydrogen-bond donors (Lipinski definition) is 1. The second-order valence-electron chi connectivity index (χ2n) is 2.58. The molecule has 1 aromatic carbocycles. The fraction of sp³-hybridized carbons (Fsp3) is 0.100. The van der Waals surface area contributed by atoms with Gasteiger partial charge in [0.1, 0.15) is 5.82 Å². The predicted octanol–water partition coefficient (Wildman–Crippen LogP) is 2.61. The molecule has 0 aliphatic rings. The minimum Gasteiger partial charge on any atom is -0.404 e. The minimum absolute atomic E-state index is 0.258. The molecule has 0 saturated heterocycles. The van der Waals surface area contributed by atoms with E-state index in [0.29, 0.717) is 5.57 Å². The van der Waals surface area contributed by atoms with Crippen LogP contribution in [0.4, 0.5) is 10.1 Å². The zero-order valence-corrected chi connectivity index (χ0v) is 8.21. The van der Waals surface area contributed by atoms with Crippen LogP contribution in [-0.4, -0.2) is 12.1 Å². The van der Waals surface area contributed by atoms with Crippen LogP contribution in [-0.2, 0) is 0 Å². The maximum absolute atomic E-state index is 13.1. The lowest BCUT2D eigenvalue weighted by atomic mass is 10.3. The SMILES string of the molecule is NC=C(C=Nc1ccccc1F)CCl. The Morgan fingerprint density at radius 3 is 2.79 bits per heavy atom. The number of alkyl halides is 1. The van der Waals surface area contributed by atoms with E-state index in [1.165, 1.54) is 18.5 Å². The Kier molecular flexibility index (Phi) is 4.13. The molecule has 0 aromatic heterocycles. The van der Waals surface area contributed by atoms with Gasteiger partial charge in [0.25, 0.3) is 0 Å². The number of nitrogens with zero attached hydrogens (tertiary/aromatic N) is 1. The van der Waals surface area contributed by atoms with Crippen LogP contribution in [0.1, 0.15) is 0 Å². The van der Waals surface area contributed by atoms with Gasteiger partial charge in [-0.1, -0.05) is 12.1 Å². The van der Waals surface area contributed by atoms with Crippen LogP contribution in [0.5, 0.6) is 0 Å². The zero-order valence-electron chi connectivity index (χ0n) is 7.45. The first kappa shape index (κ1) is 10.7. The van der Waals surface area contributed by atoms with Gasteiger partial charge in [0.15, 0.2) is 0 Å². The Morgan fingerprint density at radius 2 is 2.21 bits per heavy atom. The Hall–Kier alpha value is -1.35. The van der Waals surface area contributed by atoms with Gasteiger partial charge in [-0.3, -0.25) is 4.99 Å². The van der Waals surface area contributed by atoms with Crippen LogP contribution in [0, 0.1) is 5.82 Å². The molecule has 1 aromatic rings. The highest BCUT2D eigenvalue weighted by Gasteiger charge is 1.96. The third-order valence-electron chi connectivity index (χ3n) is 1.59. The number of rotatable bonds is 3. The number of halogens is 2. The van der Waals surface area contributed by atoms with Gasteiger partial charge in [0.05, 0.1) is 11.6 Å². The number of allylic oxidation sites excluding steroid dienone is 1. The lowest BCUT2D eigenvalue weighted by Gasteiger charge is -1.95. The first-order valence-corrected chi connectivity index (χ1v) is 4.56. The summed E-state index contributed by atoms with van der Waals surface area (Å²) in [6.07, 6.45) is 2.79. The summed E-state index contributed by atoms with van der Waals surface area (Å²) in [4.78, 5) is 3.92. The van der Waals surface area contributed by atoms with E-state index in [1.807, 2.05) is 0 Å². The third kappa shape index (κ3) is 2.85. The lowest BCUT2D eigenvalue weighted by Crippen LogP contribution is -1.91. The maximum Gasteiger partial charge on any atom is 0.148 e. The molecule has 0 heterocycles. The molecular formula is C10H10ClFN2. The van der Waals surface area contributed by atoms with Crippen molar-refractivity contribution in [3.8, 4) is 0 Å². The Balaban J connectivity index is 2.83. The minimum atomic E-state index is -0.366. The number of hydrogen-bond acceptors (Lipinski definition) is 2. The van der Waals surface area contributed by atoms with Crippen molar-refractivity contribution < 1.29 is 4.39 Å². The number of benzene rings is 1. The van der Waals surface area contributed by atoms with E-state index in [-0.39, 0.29) is 17.4 Å². The van der Waals surface area contributed by atoms with Crippen molar-refractivity contribution in [2.24, 2.45) is 10.7 Å². The van der Waals surface area contributed by atoms with E-state index in [1.54, 1.807) is 18.2 Å². The fourth-order valence-electron chi connectivity index (χ4n) is 0.831. The van der Waals surface area contributed by atoms with Crippen LogP contribution in [0.2, 0.25) is 0 Å². The molecule has 0 atom stereocenters. The van der Waals surface area contributed by atoms with Crippen LogP contribution in [0.25, 0.3) is 0 Å². The third-order valence-corrected chi connectivity index (χ3v) is 1.90. The van der Waals surface area contributed by atoms with Gasteiger partial charge in [-0.15, -0.1) is 11.6 Å². The van der Waals surface area contributed by atoms with E-state index >= 15 is 0 Å². The first-order chi connectivity index (χ1) is 6.77. The molecule has 0 aliphatic heterocycles. The van der Waals surface area contributed by atoms with Crippen LogP contribution in [0.3, 0.4) is 0 Å². The largest absolute Gasteiger partial charge is 0.404 e. The Morgan fingerprint density at radius 1 is 1.50 bits per heavy atom. The molecule has 0 fully saturated rings. The molecule has 14 heavy (non-hydrogen) atoms. The monoisotopic (exact) mass is 212 g/mol. The van der Waals surface area contributed by atoms with Crippen molar-refractivity contribution in [2.45, 2.75) is 0 Å². The summed E-state index contributed by atoms with van der Waals surface area (Å²) in [5.74, 6) is -0.108.